The van der Waals surface area contributed by atoms with Gasteiger partial charge >= 0.3 is 0 Å². The van der Waals surface area contributed by atoms with E-state index in [1.165, 1.54) is 35.0 Å². The molecule has 1 aliphatic heterocycles. The molecule has 2 heterocycles. The maximum absolute atomic E-state index is 5.36. The first-order chi connectivity index (χ1) is 8.83. The number of aryl methyl sites for hydroxylation is 2. The summed E-state index contributed by atoms with van der Waals surface area (Å²) in [6.45, 7) is 3.99. The SMILES string of the molecule is C#CCNC1CCCn2c1c(C)c1ccccc12. The zero-order chi connectivity index (χ0) is 12.5. The van der Waals surface area contributed by atoms with E-state index < -0.39 is 0 Å². The minimum absolute atomic E-state index is 0.405. The molecule has 2 heteroatoms. The topological polar surface area (TPSA) is 17.0 Å². The van der Waals surface area contributed by atoms with E-state index in [4.69, 9.17) is 6.42 Å². The van der Waals surface area contributed by atoms with Gasteiger partial charge in [0.15, 0.2) is 0 Å². The molecule has 18 heavy (non-hydrogen) atoms. The molecule has 2 nitrogen and oxygen atoms in total. The Balaban J connectivity index is 2.14. The molecule has 0 fully saturated rings. The van der Waals surface area contributed by atoms with Crippen molar-refractivity contribution >= 4 is 10.9 Å². The van der Waals surface area contributed by atoms with Gasteiger partial charge in [-0.05, 0) is 31.4 Å². The van der Waals surface area contributed by atoms with E-state index in [0.29, 0.717) is 12.6 Å². The number of hydrogen-bond donors (Lipinski definition) is 1. The number of benzene rings is 1. The van der Waals surface area contributed by atoms with Gasteiger partial charge in [-0.15, -0.1) is 6.42 Å². The third-order valence-corrected chi connectivity index (χ3v) is 3.93. The Hall–Kier alpha value is -1.72. The molecule has 3 rings (SSSR count). The highest BCUT2D eigenvalue weighted by Crippen LogP contribution is 2.35. The van der Waals surface area contributed by atoms with Crippen molar-refractivity contribution in [3.63, 3.8) is 0 Å². The second-order valence-electron chi connectivity index (χ2n) is 4.96. The molecule has 1 aromatic carbocycles. The molecule has 2 aromatic rings. The lowest BCUT2D eigenvalue weighted by atomic mass is 10.0. The van der Waals surface area contributed by atoms with Gasteiger partial charge in [0.2, 0.25) is 0 Å². The van der Waals surface area contributed by atoms with Gasteiger partial charge in [-0.2, -0.15) is 0 Å². The second kappa shape index (κ2) is 4.51. The van der Waals surface area contributed by atoms with Crippen molar-refractivity contribution in [3.05, 3.63) is 35.5 Å². The number of nitrogens with one attached hydrogen (secondary N) is 1. The van der Waals surface area contributed by atoms with Crippen LogP contribution in [0.4, 0.5) is 0 Å². The number of aromatic nitrogens is 1. The molecule has 0 radical (unpaired) electrons. The molecule has 0 saturated carbocycles. The number of fused-ring (bicyclic) bond motifs is 3. The lowest BCUT2D eigenvalue weighted by molar-refractivity contribution is 0.413. The van der Waals surface area contributed by atoms with E-state index >= 15 is 0 Å². The van der Waals surface area contributed by atoms with E-state index in [1.807, 2.05) is 0 Å². The highest BCUT2D eigenvalue weighted by molar-refractivity contribution is 5.85. The molecule has 92 valence electrons. The molecule has 0 saturated heterocycles. The summed E-state index contributed by atoms with van der Waals surface area (Å²) in [5.41, 5.74) is 4.19. The third kappa shape index (κ3) is 1.63. The van der Waals surface area contributed by atoms with Gasteiger partial charge in [-0.1, -0.05) is 24.1 Å². The Kier molecular flexibility index (Phi) is 2.85. The van der Waals surface area contributed by atoms with Gasteiger partial charge in [0.25, 0.3) is 0 Å². The summed E-state index contributed by atoms with van der Waals surface area (Å²) in [6.07, 6.45) is 7.75. The Morgan fingerprint density at radius 3 is 3.11 bits per heavy atom. The van der Waals surface area contributed by atoms with Crippen LogP contribution >= 0.6 is 0 Å². The van der Waals surface area contributed by atoms with Crippen molar-refractivity contribution in [3.8, 4) is 12.3 Å². The minimum Gasteiger partial charge on any atom is -0.343 e. The van der Waals surface area contributed by atoms with Crippen molar-refractivity contribution in [2.45, 2.75) is 32.4 Å². The number of terminal acetylenes is 1. The maximum atomic E-state index is 5.36. The summed E-state index contributed by atoms with van der Waals surface area (Å²) in [6, 6.07) is 9.07. The van der Waals surface area contributed by atoms with E-state index in [-0.39, 0.29) is 0 Å². The molecule has 0 aliphatic carbocycles. The van der Waals surface area contributed by atoms with Crippen LogP contribution in [0, 0.1) is 19.3 Å². The Morgan fingerprint density at radius 1 is 1.44 bits per heavy atom. The minimum atomic E-state index is 0.405. The number of hydrogen-bond acceptors (Lipinski definition) is 1. The maximum Gasteiger partial charge on any atom is 0.0579 e. The van der Waals surface area contributed by atoms with Gasteiger partial charge in [-0.25, -0.2) is 0 Å². The Labute approximate surface area is 108 Å². The lowest BCUT2D eigenvalue weighted by Crippen LogP contribution is -2.28. The van der Waals surface area contributed by atoms with E-state index in [9.17, 15) is 0 Å². The van der Waals surface area contributed by atoms with Crippen LogP contribution in [-0.4, -0.2) is 11.1 Å². The van der Waals surface area contributed by atoms with E-state index in [1.54, 1.807) is 0 Å². The monoisotopic (exact) mass is 238 g/mol. The Morgan fingerprint density at radius 2 is 2.28 bits per heavy atom. The first-order valence-electron chi connectivity index (χ1n) is 6.57. The first-order valence-corrected chi connectivity index (χ1v) is 6.57. The summed E-state index contributed by atoms with van der Waals surface area (Å²) in [4.78, 5) is 0. The summed E-state index contributed by atoms with van der Waals surface area (Å²) in [5.74, 6) is 2.68. The van der Waals surface area contributed by atoms with E-state index in [2.05, 4.69) is 47.0 Å². The third-order valence-electron chi connectivity index (χ3n) is 3.93. The molecule has 1 N–H and O–H groups in total. The quantitative estimate of drug-likeness (QED) is 0.796. The highest BCUT2D eigenvalue weighted by Gasteiger charge is 2.24. The van der Waals surface area contributed by atoms with E-state index in [0.717, 1.165) is 6.54 Å². The molecule has 1 atom stereocenters. The molecule has 0 spiro atoms. The molecule has 1 aliphatic rings. The number of para-hydroxylation sites is 1. The standard InChI is InChI=1S/C16H18N2/c1-3-10-17-14-8-6-11-18-15-9-5-4-7-13(15)12(2)16(14)18/h1,4-5,7,9,14,17H,6,8,10-11H2,2H3. The summed E-state index contributed by atoms with van der Waals surface area (Å²) in [5, 5.41) is 4.85. The fourth-order valence-electron chi connectivity index (χ4n) is 3.16. The average Bonchev–Trinajstić information content (AvgIpc) is 2.72. The predicted octanol–water partition coefficient (Wildman–Crippen LogP) is 3.01. The lowest BCUT2D eigenvalue weighted by Gasteiger charge is -2.26. The van der Waals surface area contributed by atoms with Crippen LogP contribution in [0.1, 0.15) is 30.1 Å². The van der Waals surface area contributed by atoms with Gasteiger partial charge < -0.3 is 4.57 Å². The van der Waals surface area contributed by atoms with Crippen LogP contribution in [0.3, 0.4) is 0 Å². The fourth-order valence-corrected chi connectivity index (χ4v) is 3.16. The summed E-state index contributed by atoms with van der Waals surface area (Å²) < 4.78 is 2.46. The average molecular weight is 238 g/mol. The predicted molar refractivity (Wildman–Crippen MR) is 75.5 cm³/mol. The zero-order valence-corrected chi connectivity index (χ0v) is 10.7. The number of nitrogens with zero attached hydrogens (tertiary/aromatic N) is 1. The van der Waals surface area contributed by atoms with Crippen molar-refractivity contribution in [1.29, 1.82) is 0 Å². The van der Waals surface area contributed by atoms with Crippen LogP contribution in [0.25, 0.3) is 10.9 Å². The van der Waals surface area contributed by atoms with Gasteiger partial charge in [0.05, 0.1) is 6.54 Å². The largest absolute Gasteiger partial charge is 0.343 e. The van der Waals surface area contributed by atoms with Gasteiger partial charge in [-0.3, -0.25) is 5.32 Å². The molecule has 1 unspecified atom stereocenters. The zero-order valence-electron chi connectivity index (χ0n) is 10.7. The van der Waals surface area contributed by atoms with Crippen molar-refractivity contribution in [2.75, 3.05) is 6.54 Å². The summed E-state index contributed by atoms with van der Waals surface area (Å²) in [7, 11) is 0. The Bertz CT molecular complexity index is 616. The summed E-state index contributed by atoms with van der Waals surface area (Å²) >= 11 is 0. The molecule has 1 aromatic heterocycles. The van der Waals surface area contributed by atoms with Crippen molar-refractivity contribution < 1.29 is 0 Å². The van der Waals surface area contributed by atoms with Crippen LogP contribution in [0.5, 0.6) is 0 Å². The molecule has 0 amide bonds. The number of rotatable bonds is 2. The fraction of sp³-hybridized carbons (Fsp3) is 0.375. The van der Waals surface area contributed by atoms with Crippen molar-refractivity contribution in [1.82, 2.24) is 9.88 Å². The molecule has 0 bridgehead atoms. The molecular weight excluding hydrogens is 220 g/mol. The second-order valence-corrected chi connectivity index (χ2v) is 4.96. The molecular formula is C16H18N2. The normalized spacial score (nSPS) is 18.6. The van der Waals surface area contributed by atoms with Crippen LogP contribution in [0.2, 0.25) is 0 Å². The van der Waals surface area contributed by atoms with Crippen LogP contribution < -0.4 is 5.32 Å². The van der Waals surface area contributed by atoms with Gasteiger partial charge in [0.1, 0.15) is 0 Å². The van der Waals surface area contributed by atoms with Crippen LogP contribution in [0.15, 0.2) is 24.3 Å². The highest BCUT2D eigenvalue weighted by atomic mass is 15.1. The van der Waals surface area contributed by atoms with Gasteiger partial charge in [0, 0.05) is 29.2 Å². The smallest absolute Gasteiger partial charge is 0.0579 e. The van der Waals surface area contributed by atoms with Crippen LogP contribution in [-0.2, 0) is 6.54 Å². The van der Waals surface area contributed by atoms with Crippen molar-refractivity contribution in [2.24, 2.45) is 0 Å². The first kappa shape index (κ1) is 11.4.